The molecule has 4 aromatic rings. The molecule has 1 heterocycles. The highest BCUT2D eigenvalue weighted by molar-refractivity contribution is 7.98. The van der Waals surface area contributed by atoms with Crippen LogP contribution >= 0.6 is 23.4 Å². The van der Waals surface area contributed by atoms with Gasteiger partial charge in [0, 0.05) is 42.2 Å². The summed E-state index contributed by atoms with van der Waals surface area (Å²) in [6.45, 7) is 7.14. The molecule has 42 heavy (non-hydrogen) atoms. The lowest BCUT2D eigenvalue weighted by atomic mass is 10.0. The number of thioether (sulfide) groups is 1. The number of hydrogen-bond acceptors (Lipinski definition) is 5. The second-order valence-corrected chi connectivity index (χ2v) is 10.8. The Bertz CT molecular complexity index is 1480. The van der Waals surface area contributed by atoms with Crippen LogP contribution in [0, 0.1) is 5.82 Å². The van der Waals surface area contributed by atoms with E-state index < -0.39 is 0 Å². The average molecular weight is 609 g/mol. The summed E-state index contributed by atoms with van der Waals surface area (Å²) in [5, 5.41) is 1.13. The molecule has 0 spiro atoms. The van der Waals surface area contributed by atoms with Crippen molar-refractivity contribution in [3.8, 4) is 11.1 Å². The first-order chi connectivity index (χ1) is 20.4. The van der Waals surface area contributed by atoms with Crippen LogP contribution in [-0.4, -0.2) is 33.4 Å². The lowest BCUT2D eigenvalue weighted by Crippen LogP contribution is -2.37. The first-order valence-electron chi connectivity index (χ1n) is 14.2. The zero-order valence-corrected chi connectivity index (χ0v) is 25.9. The highest BCUT2D eigenvalue weighted by Gasteiger charge is 2.18. The lowest BCUT2D eigenvalue weighted by molar-refractivity contribution is -0.132. The maximum Gasteiger partial charge on any atom is 0.276 e. The summed E-state index contributed by atoms with van der Waals surface area (Å²) in [7, 11) is 0. The molecule has 0 atom stereocenters. The maximum absolute atomic E-state index is 13.5. The van der Waals surface area contributed by atoms with Crippen LogP contribution in [0.25, 0.3) is 11.1 Å². The molecular weight excluding hydrogens is 571 g/mol. The molecule has 0 unspecified atom stereocenters. The predicted molar refractivity (Wildman–Crippen MR) is 171 cm³/mol. The molecule has 6 nitrogen and oxygen atoms in total. The highest BCUT2D eigenvalue weighted by atomic mass is 35.5. The van der Waals surface area contributed by atoms with Crippen molar-refractivity contribution in [2.45, 2.75) is 57.6 Å². The Morgan fingerprint density at radius 3 is 2.17 bits per heavy atom. The summed E-state index contributed by atoms with van der Waals surface area (Å²) in [5.41, 5.74) is 10.1. The first kappa shape index (κ1) is 33.0. The molecule has 9 heteroatoms. The lowest BCUT2D eigenvalue weighted by Gasteiger charge is -2.24. The van der Waals surface area contributed by atoms with Gasteiger partial charge in [0.1, 0.15) is 12.4 Å². The molecule has 1 amide bonds. The molecule has 1 aromatic heterocycles. The summed E-state index contributed by atoms with van der Waals surface area (Å²) < 4.78 is 15.1. The topological polar surface area (TPSA) is 81.2 Å². The smallest absolute Gasteiger partial charge is 0.276 e. The van der Waals surface area contributed by atoms with Gasteiger partial charge in [0.05, 0.1) is 0 Å². The SMILES string of the molecule is CC.CCCc1cn(CC(=O)N(CCN)Cc2ccc(-c3ccc(Cl)cc3)cc2)c(SCc2ccc(F)cc2)nc1=O. The van der Waals surface area contributed by atoms with Crippen LogP contribution in [0.3, 0.4) is 0 Å². The zero-order chi connectivity index (χ0) is 30.5. The van der Waals surface area contributed by atoms with Gasteiger partial charge in [-0.25, -0.2) is 4.39 Å². The number of rotatable bonds is 12. The molecular formula is C33H38ClFN4O2S. The third-order valence-electron chi connectivity index (χ3n) is 6.39. The average Bonchev–Trinajstić information content (AvgIpc) is 3.00. The molecule has 0 bridgehead atoms. The molecule has 2 N–H and O–H groups in total. The van der Waals surface area contributed by atoms with E-state index >= 15 is 0 Å². The largest absolute Gasteiger partial charge is 0.336 e. The van der Waals surface area contributed by atoms with E-state index in [0.29, 0.717) is 47.6 Å². The van der Waals surface area contributed by atoms with E-state index in [2.05, 4.69) is 4.98 Å². The molecule has 0 fully saturated rings. The van der Waals surface area contributed by atoms with Gasteiger partial charge in [-0.1, -0.05) is 99.1 Å². The molecule has 4 rings (SSSR count). The number of aromatic nitrogens is 2. The monoisotopic (exact) mass is 608 g/mol. The highest BCUT2D eigenvalue weighted by Crippen LogP contribution is 2.23. The number of nitrogens with two attached hydrogens (primary N) is 1. The van der Waals surface area contributed by atoms with Gasteiger partial charge in [-0.3, -0.25) is 9.59 Å². The van der Waals surface area contributed by atoms with Crippen molar-refractivity contribution in [2.75, 3.05) is 13.1 Å². The van der Waals surface area contributed by atoms with Crippen molar-refractivity contribution in [3.63, 3.8) is 0 Å². The second-order valence-electron chi connectivity index (χ2n) is 9.45. The number of benzene rings is 3. The third kappa shape index (κ3) is 9.54. The maximum atomic E-state index is 13.5. The van der Waals surface area contributed by atoms with Gasteiger partial charge in [-0.15, -0.1) is 0 Å². The summed E-state index contributed by atoms with van der Waals surface area (Å²) in [6.07, 6.45) is 3.11. The minimum Gasteiger partial charge on any atom is -0.336 e. The summed E-state index contributed by atoms with van der Waals surface area (Å²) >= 11 is 7.35. The van der Waals surface area contributed by atoms with Gasteiger partial charge in [-0.05, 0) is 52.9 Å². The summed E-state index contributed by atoms with van der Waals surface area (Å²) in [6, 6.07) is 21.9. The van der Waals surface area contributed by atoms with Crippen LogP contribution in [0.4, 0.5) is 4.39 Å². The Kier molecular flexibility index (Phi) is 13.3. The molecule has 222 valence electrons. The molecule has 0 aliphatic carbocycles. The summed E-state index contributed by atoms with van der Waals surface area (Å²) in [4.78, 5) is 32.2. The van der Waals surface area contributed by atoms with Crippen molar-refractivity contribution < 1.29 is 9.18 Å². The number of aryl methyl sites for hydroxylation is 1. The van der Waals surface area contributed by atoms with E-state index in [9.17, 15) is 14.0 Å². The van der Waals surface area contributed by atoms with Crippen LogP contribution in [0.1, 0.15) is 43.9 Å². The fourth-order valence-electron chi connectivity index (χ4n) is 4.28. The van der Waals surface area contributed by atoms with E-state index in [1.54, 1.807) is 27.8 Å². The second kappa shape index (κ2) is 16.9. The Morgan fingerprint density at radius 1 is 0.976 bits per heavy atom. The van der Waals surface area contributed by atoms with E-state index in [1.807, 2.05) is 69.3 Å². The van der Waals surface area contributed by atoms with Gasteiger partial charge >= 0.3 is 0 Å². The van der Waals surface area contributed by atoms with Gasteiger partial charge in [0.15, 0.2) is 5.16 Å². The quantitative estimate of drug-likeness (QED) is 0.139. The van der Waals surface area contributed by atoms with E-state index in [1.165, 1.54) is 23.9 Å². The van der Waals surface area contributed by atoms with Gasteiger partial charge < -0.3 is 15.2 Å². The Hall–Kier alpha value is -3.46. The Morgan fingerprint density at radius 2 is 1.57 bits per heavy atom. The van der Waals surface area contributed by atoms with Crippen molar-refractivity contribution in [1.82, 2.24) is 14.5 Å². The molecule has 0 radical (unpaired) electrons. The fourth-order valence-corrected chi connectivity index (χ4v) is 5.32. The third-order valence-corrected chi connectivity index (χ3v) is 7.71. The normalized spacial score (nSPS) is 10.6. The van der Waals surface area contributed by atoms with E-state index in [0.717, 1.165) is 28.7 Å². The standard InChI is InChI=1S/C31H32ClFN4O2S.C2H6/c1-2-3-26-19-37(31(35-30(26)39)40-21-23-6-14-28(33)15-7-23)20-29(38)36(17-16-34)18-22-4-8-24(9-5-22)25-10-12-27(32)13-11-25;1-2/h4-15,19H,2-3,16-18,20-21,34H2,1H3;1-2H3. The molecule has 0 saturated heterocycles. The van der Waals surface area contributed by atoms with Crippen LogP contribution in [0.2, 0.25) is 5.02 Å². The van der Waals surface area contributed by atoms with Crippen LogP contribution in [0.15, 0.2) is 88.9 Å². The van der Waals surface area contributed by atoms with Crippen LogP contribution in [-0.2, 0) is 30.1 Å². The molecule has 0 aliphatic heterocycles. The minimum atomic E-state index is -0.307. The molecule has 0 saturated carbocycles. The minimum absolute atomic E-state index is 0.0264. The Labute approximate surface area is 256 Å². The van der Waals surface area contributed by atoms with Gasteiger partial charge in [0.2, 0.25) is 5.91 Å². The van der Waals surface area contributed by atoms with Gasteiger partial charge in [-0.2, -0.15) is 4.98 Å². The van der Waals surface area contributed by atoms with E-state index in [4.69, 9.17) is 17.3 Å². The zero-order valence-electron chi connectivity index (χ0n) is 24.4. The number of amides is 1. The number of hydrogen-bond donors (Lipinski definition) is 1. The predicted octanol–water partition coefficient (Wildman–Crippen LogP) is 6.96. The first-order valence-corrected chi connectivity index (χ1v) is 15.5. The summed E-state index contributed by atoms with van der Waals surface area (Å²) in [5.74, 6) is 0.0576. The Balaban J connectivity index is 0.00000237. The molecule has 0 aliphatic rings. The number of halogens is 2. The fraction of sp³-hybridized carbons (Fsp3) is 0.303. The van der Waals surface area contributed by atoms with Crippen molar-refractivity contribution >= 4 is 29.3 Å². The van der Waals surface area contributed by atoms with Crippen LogP contribution < -0.4 is 11.3 Å². The van der Waals surface area contributed by atoms with Crippen molar-refractivity contribution in [1.29, 1.82) is 0 Å². The number of carbonyl (C=O) groups is 1. The van der Waals surface area contributed by atoms with Crippen molar-refractivity contribution in [2.24, 2.45) is 5.73 Å². The van der Waals surface area contributed by atoms with Crippen molar-refractivity contribution in [3.05, 3.63) is 117 Å². The van der Waals surface area contributed by atoms with Crippen LogP contribution in [0.5, 0.6) is 0 Å². The van der Waals surface area contributed by atoms with E-state index in [-0.39, 0.29) is 23.8 Å². The number of carbonyl (C=O) groups excluding carboxylic acids is 1. The number of nitrogens with zero attached hydrogens (tertiary/aromatic N) is 3. The molecule has 3 aromatic carbocycles. The van der Waals surface area contributed by atoms with Gasteiger partial charge in [0.25, 0.3) is 5.56 Å².